The van der Waals surface area contributed by atoms with Crippen LogP contribution >= 0.6 is 12.4 Å². The predicted octanol–water partition coefficient (Wildman–Crippen LogP) is 21.6. The van der Waals surface area contributed by atoms with Crippen LogP contribution in [0.2, 0.25) is 0 Å². The first-order valence-corrected chi connectivity index (χ1v) is 30.9. The molecule has 472 valence electrons. The van der Waals surface area contributed by atoms with Crippen LogP contribution in [-0.4, -0.2) is 21.5 Å². The summed E-state index contributed by atoms with van der Waals surface area (Å²) in [6.45, 7) is 22.7. The van der Waals surface area contributed by atoms with Crippen molar-refractivity contribution >= 4 is 124 Å². The lowest BCUT2D eigenvalue weighted by atomic mass is 9.82. The molecule has 1 aromatic heterocycles. The number of Topliss-reactive ketones (excluding diaryl/α,β-unsaturated/α-hetero) is 2. The third-order valence-corrected chi connectivity index (χ3v) is 17.2. The van der Waals surface area contributed by atoms with Gasteiger partial charge in [-0.3, -0.25) is 14.3 Å². The monoisotopic (exact) mass is 1290 g/mol. The van der Waals surface area contributed by atoms with Gasteiger partial charge in [0, 0.05) is 61.7 Å². The van der Waals surface area contributed by atoms with E-state index in [1.54, 1.807) is 30.3 Å². The Kier molecular flexibility index (Phi) is 19.0. The molecule has 14 aromatic rings. The Labute approximate surface area is 572 Å². The van der Waals surface area contributed by atoms with Gasteiger partial charge >= 0.3 is 0 Å². The molecule has 1 aliphatic rings. The number of benzene rings is 13. The number of nitriles is 2. The molecule has 0 amide bonds. The maximum Gasteiger partial charge on any atom is 0.234 e. The molecule has 12 nitrogen and oxygen atoms in total. The third kappa shape index (κ3) is 12.9. The molecule has 14 heteroatoms. The zero-order chi connectivity index (χ0) is 66.7. The van der Waals surface area contributed by atoms with Crippen molar-refractivity contribution < 1.29 is 14.3 Å². The van der Waals surface area contributed by atoms with Crippen molar-refractivity contribution in [2.24, 2.45) is 0 Å². The van der Waals surface area contributed by atoms with Crippen molar-refractivity contribution in [1.82, 2.24) is 9.97 Å². The van der Waals surface area contributed by atoms with Gasteiger partial charge in [-0.15, -0.1) is 12.4 Å². The van der Waals surface area contributed by atoms with Gasteiger partial charge in [-0.25, -0.2) is 19.7 Å². The minimum absolute atomic E-state index is 0. The summed E-state index contributed by atoms with van der Waals surface area (Å²) in [4.78, 5) is 46.5. The quantitative estimate of drug-likeness (QED) is 0.0490. The fraction of sp³-hybridized carbons (Fsp3) is 0.0476. The lowest BCUT2D eigenvalue weighted by Crippen LogP contribution is -2.21. The number of nitrogens with zero attached hydrogens (tertiary/aromatic N) is 8. The van der Waals surface area contributed by atoms with E-state index in [4.69, 9.17) is 39.8 Å². The summed E-state index contributed by atoms with van der Waals surface area (Å²) in [6.07, 6.45) is 0. The Bertz CT molecular complexity index is 5490. The molecule has 98 heavy (non-hydrogen) atoms. The van der Waals surface area contributed by atoms with Gasteiger partial charge in [-0.1, -0.05) is 162 Å². The molecule has 15 rings (SSSR count). The van der Waals surface area contributed by atoms with Crippen molar-refractivity contribution in [2.75, 3.05) is 21.3 Å². The standard InChI is InChI=1S/C42H27N5.C34H25NO2.C8H6N4.ClH.FH/c1-26-8-15-31(16-9-26)47(32-17-10-27(2)11-18-32)33-19-12-28(13-20-33)29-14-21-36-37(22-29)34-6-4-5-7-35(34)41-42(36)46-40-24-38(44-3)30(25-43)23-39(40)45-41;1-22-7-14-26(15-8-22)35(27-16-9-23(2)10-17-27)28-18-11-24(12-19-28)25-13-20-31-32(21-25)29-5-3-4-6-30(29)33(36)34(31)37;1-12-8-3-7(11)6(10)2-5(8)4-9;;/h4-24H,1-2H3;3-21H,1-2H3;2-3H,10-11H2;2*1H. The smallest absolute Gasteiger partial charge is 0.234 e. The normalized spacial score (nSPS) is 11.0. The van der Waals surface area contributed by atoms with E-state index in [-0.39, 0.29) is 34.0 Å². The number of rotatable bonds is 8. The van der Waals surface area contributed by atoms with Gasteiger partial charge in [0.1, 0.15) is 0 Å². The highest BCUT2D eigenvalue weighted by Gasteiger charge is 2.30. The number of carbonyl (C=O) groups excluding carboxylic acids is 2. The molecular formula is C84H60ClFN10O2. The molecule has 0 saturated heterocycles. The Hall–Kier alpha value is -13.3. The number of nitrogens with two attached hydrogens (primary N) is 2. The van der Waals surface area contributed by atoms with Crippen molar-refractivity contribution in [3.63, 3.8) is 0 Å². The van der Waals surface area contributed by atoms with Gasteiger partial charge in [0.25, 0.3) is 0 Å². The summed E-state index contributed by atoms with van der Waals surface area (Å²) >= 11 is 0. The van der Waals surface area contributed by atoms with Crippen molar-refractivity contribution in [1.29, 1.82) is 10.5 Å². The van der Waals surface area contributed by atoms with E-state index < -0.39 is 11.6 Å². The summed E-state index contributed by atoms with van der Waals surface area (Å²) in [7, 11) is 0. The van der Waals surface area contributed by atoms with Crippen LogP contribution in [0, 0.1) is 63.5 Å². The Morgan fingerprint density at radius 3 is 1.17 bits per heavy atom. The van der Waals surface area contributed by atoms with Crippen LogP contribution in [0.4, 0.5) is 61.6 Å². The topological polar surface area (TPSA) is 175 Å². The minimum atomic E-state index is -0.442. The van der Waals surface area contributed by atoms with E-state index in [2.05, 4.69) is 229 Å². The number of fused-ring (bicyclic) bond motifs is 10. The highest BCUT2D eigenvalue weighted by molar-refractivity contribution is 6.53. The van der Waals surface area contributed by atoms with Crippen LogP contribution < -0.4 is 21.3 Å². The molecule has 0 aliphatic heterocycles. The fourth-order valence-corrected chi connectivity index (χ4v) is 12.1. The van der Waals surface area contributed by atoms with E-state index in [1.807, 2.05) is 42.5 Å². The van der Waals surface area contributed by atoms with Crippen LogP contribution in [0.1, 0.15) is 54.1 Å². The maximum atomic E-state index is 12.7. The number of hydrogen-bond donors (Lipinski definition) is 2. The maximum absolute atomic E-state index is 12.7. The van der Waals surface area contributed by atoms with E-state index in [9.17, 15) is 14.9 Å². The van der Waals surface area contributed by atoms with Crippen LogP contribution in [0.25, 0.3) is 86.7 Å². The lowest BCUT2D eigenvalue weighted by Gasteiger charge is -2.26. The van der Waals surface area contributed by atoms with E-state index in [0.29, 0.717) is 39.1 Å². The van der Waals surface area contributed by atoms with Gasteiger partial charge in [-0.05, 0) is 187 Å². The van der Waals surface area contributed by atoms with E-state index in [0.717, 1.165) is 100 Å². The largest absolute Gasteiger partial charge is 0.398 e. The highest BCUT2D eigenvalue weighted by atomic mass is 35.5. The zero-order valence-corrected chi connectivity index (χ0v) is 54.4. The number of aryl methyl sites for hydroxylation is 4. The Morgan fingerprint density at radius 1 is 0.367 bits per heavy atom. The second-order valence-corrected chi connectivity index (χ2v) is 23.6. The summed E-state index contributed by atoms with van der Waals surface area (Å²) in [5.74, 6) is -0.880. The van der Waals surface area contributed by atoms with Crippen molar-refractivity contribution in [2.45, 2.75) is 27.7 Å². The number of ketones is 2. The molecule has 1 heterocycles. The average molecular weight is 1300 g/mol. The van der Waals surface area contributed by atoms with Crippen LogP contribution in [0.3, 0.4) is 0 Å². The average Bonchev–Trinajstić information content (AvgIpc) is 0.738. The number of hydrogen-bond acceptors (Lipinski definition) is 10. The van der Waals surface area contributed by atoms with E-state index >= 15 is 0 Å². The molecule has 13 aromatic carbocycles. The molecule has 0 saturated carbocycles. The molecule has 1 aliphatic carbocycles. The summed E-state index contributed by atoms with van der Waals surface area (Å²) < 4.78 is 0. The Balaban J connectivity index is 0.000000170. The molecular weight excluding hydrogens is 1240 g/mol. The molecule has 0 radical (unpaired) electrons. The molecule has 0 fully saturated rings. The second-order valence-electron chi connectivity index (χ2n) is 23.6. The SMILES string of the molecule is Cc1ccc(N(c2ccc(C)cc2)c2ccc(-c3ccc4c(c3)-c3ccccc3C(=O)C4=O)cc2)cc1.Cl.F.[C-]#[N+]c1cc(N)c(N)cc1C#N.[C-]#[N+]c1cc2nc3c4ccc(-c5ccc(N(c6ccc(C)cc6)c6ccc(C)cc6)cc5)cc4c4ccccc4c3nc2cc1C#N. The van der Waals surface area contributed by atoms with E-state index in [1.165, 1.54) is 34.4 Å². The van der Waals surface area contributed by atoms with Crippen LogP contribution in [-0.2, 0) is 0 Å². The first-order valence-electron chi connectivity index (χ1n) is 30.9. The molecule has 4 N–H and O–H groups in total. The van der Waals surface area contributed by atoms with Gasteiger partial charge in [0.15, 0.2) is 0 Å². The molecule has 0 unspecified atom stereocenters. The second kappa shape index (κ2) is 28.1. The highest BCUT2D eigenvalue weighted by Crippen LogP contribution is 2.42. The number of carbonyl (C=O) groups is 2. The number of anilines is 8. The molecule has 0 spiro atoms. The van der Waals surface area contributed by atoms with Crippen molar-refractivity contribution in [3.05, 3.63) is 322 Å². The first-order chi connectivity index (χ1) is 46.7. The summed E-state index contributed by atoms with van der Waals surface area (Å²) in [5, 5.41) is 22.3. The fourth-order valence-electron chi connectivity index (χ4n) is 12.1. The summed E-state index contributed by atoms with van der Waals surface area (Å²) in [5.41, 5.74) is 33.7. The predicted molar refractivity (Wildman–Crippen MR) is 399 cm³/mol. The van der Waals surface area contributed by atoms with Crippen molar-refractivity contribution in [3.8, 4) is 45.5 Å². The lowest BCUT2D eigenvalue weighted by molar-refractivity contribution is 0.0815. The number of halogens is 2. The van der Waals surface area contributed by atoms with Gasteiger partial charge < -0.3 is 21.3 Å². The van der Waals surface area contributed by atoms with Crippen LogP contribution in [0.15, 0.2) is 255 Å². The van der Waals surface area contributed by atoms with Gasteiger partial charge in [-0.2, -0.15) is 10.5 Å². The minimum Gasteiger partial charge on any atom is -0.398 e. The first kappa shape index (κ1) is 66.2. The third-order valence-electron chi connectivity index (χ3n) is 17.2. The van der Waals surface area contributed by atoms with Gasteiger partial charge in [0.05, 0.1) is 64.2 Å². The number of nitrogen functional groups attached to an aromatic ring is 2. The number of aromatic nitrogens is 2. The zero-order valence-electron chi connectivity index (χ0n) is 53.6. The van der Waals surface area contributed by atoms with Gasteiger partial charge in [0.2, 0.25) is 22.9 Å². The molecule has 0 atom stereocenters. The Morgan fingerprint density at radius 2 is 0.714 bits per heavy atom. The molecule has 0 bridgehead atoms. The summed E-state index contributed by atoms with van der Waals surface area (Å²) in [6, 6.07) is 89.4. The van der Waals surface area contributed by atoms with Crippen LogP contribution in [0.5, 0.6) is 0 Å².